The lowest BCUT2D eigenvalue weighted by atomic mass is 9.84. The molecule has 474 valence electrons. The minimum absolute atomic E-state index is 0.0672. The molecule has 0 radical (unpaired) electrons. The summed E-state index contributed by atoms with van der Waals surface area (Å²) >= 11 is -1.25. The van der Waals surface area contributed by atoms with E-state index in [1.165, 1.54) is 11.1 Å². The first kappa shape index (κ1) is 61.2. The molecule has 1 aromatic carbocycles. The largest absolute Gasteiger partial charge is 0.597 e. The van der Waals surface area contributed by atoms with E-state index in [2.05, 4.69) is 92.9 Å². The van der Waals surface area contributed by atoms with E-state index in [-0.39, 0.29) is 53.8 Å². The molecule has 3 amide bonds. The van der Waals surface area contributed by atoms with Crippen LogP contribution in [0.2, 0.25) is 0 Å². The normalized spacial score (nSPS) is 31.3. The summed E-state index contributed by atoms with van der Waals surface area (Å²) in [6.07, 6.45) is 14.6. The number of esters is 1. The van der Waals surface area contributed by atoms with Gasteiger partial charge in [0.25, 0.3) is 5.91 Å². The quantitative estimate of drug-likeness (QED) is 0.113. The van der Waals surface area contributed by atoms with Crippen molar-refractivity contribution in [1.29, 1.82) is 0 Å². The number of likely N-dealkylation sites (tertiary alicyclic amines) is 2. The number of piperazine rings is 1. The molecule has 13 rings (SSSR count). The highest BCUT2D eigenvalue weighted by molar-refractivity contribution is 7.90. The van der Waals surface area contributed by atoms with Gasteiger partial charge in [-0.15, -0.1) is 4.31 Å². The zero-order chi connectivity index (χ0) is 60.7. The summed E-state index contributed by atoms with van der Waals surface area (Å²) in [6.45, 7) is 25.5. The fourth-order valence-corrected chi connectivity index (χ4v) is 18.0. The van der Waals surface area contributed by atoms with E-state index in [1.54, 1.807) is 12.1 Å². The second-order valence-electron chi connectivity index (χ2n) is 29.3. The van der Waals surface area contributed by atoms with Gasteiger partial charge >= 0.3 is 5.97 Å². The summed E-state index contributed by atoms with van der Waals surface area (Å²) in [7, 11) is 1.75. The van der Waals surface area contributed by atoms with Gasteiger partial charge in [-0.2, -0.15) is 0 Å². The van der Waals surface area contributed by atoms with E-state index in [0.29, 0.717) is 77.0 Å². The number of aromatic nitrogens is 2. The number of rotatable bonds is 12. The Morgan fingerprint density at radius 1 is 0.966 bits per heavy atom. The third kappa shape index (κ3) is 12.3. The van der Waals surface area contributed by atoms with Crippen molar-refractivity contribution < 1.29 is 37.9 Å². The molecule has 87 heavy (non-hydrogen) atoms. The lowest BCUT2D eigenvalue weighted by Crippen LogP contribution is -2.63. The van der Waals surface area contributed by atoms with Crippen LogP contribution in [0.3, 0.4) is 0 Å². The Kier molecular flexibility index (Phi) is 17.3. The molecule has 19 nitrogen and oxygen atoms in total. The first-order chi connectivity index (χ1) is 41.8. The number of fused-ring (bicyclic) bond motifs is 7. The van der Waals surface area contributed by atoms with Gasteiger partial charge in [-0.05, 0) is 152 Å². The van der Waals surface area contributed by atoms with Gasteiger partial charge in [0.1, 0.15) is 16.8 Å². The van der Waals surface area contributed by atoms with Crippen molar-refractivity contribution in [3.63, 3.8) is 0 Å². The predicted molar refractivity (Wildman–Crippen MR) is 338 cm³/mol. The van der Waals surface area contributed by atoms with Crippen molar-refractivity contribution in [2.75, 3.05) is 110 Å². The molecule has 2 unspecified atom stereocenters. The van der Waals surface area contributed by atoms with E-state index >= 15 is 9.59 Å². The Morgan fingerprint density at radius 3 is 2.54 bits per heavy atom. The molecule has 2 aromatic heterocycles. The number of carbonyl (C=O) groups excluding carboxylic acids is 4. The van der Waals surface area contributed by atoms with Crippen LogP contribution in [0.5, 0.6) is 0 Å². The molecule has 10 aliphatic rings. The van der Waals surface area contributed by atoms with Crippen LogP contribution in [-0.4, -0.2) is 213 Å². The highest BCUT2D eigenvalue weighted by Crippen LogP contribution is 2.52. The number of nitrogens with zero attached hydrogens (tertiary/aromatic N) is 9. The number of ether oxygens (including phenoxy) is 3. The molecule has 10 heterocycles. The number of hydrazine groups is 1. The van der Waals surface area contributed by atoms with Crippen LogP contribution >= 0.6 is 0 Å². The molecule has 11 atom stereocenters. The molecule has 2 N–H and O–H groups in total. The van der Waals surface area contributed by atoms with Crippen molar-refractivity contribution in [3.05, 3.63) is 53.4 Å². The maximum atomic E-state index is 15.5. The maximum absolute atomic E-state index is 15.5. The zero-order valence-corrected chi connectivity index (χ0v) is 54.0. The molecule has 2 saturated carbocycles. The number of morpholine rings is 1. The predicted octanol–water partition coefficient (Wildman–Crippen LogP) is 6.55. The Morgan fingerprint density at radius 2 is 1.77 bits per heavy atom. The number of hydrogen-bond acceptors (Lipinski definition) is 15. The maximum Gasteiger partial charge on any atom is 0.324 e. The fraction of sp³-hybridized carbons (Fsp3) is 0.716. The molecular weight excluding hydrogens is 1120 g/mol. The van der Waals surface area contributed by atoms with E-state index in [4.69, 9.17) is 19.2 Å². The standard InChI is InChI=1S/C67H97N11O8S/c1-9-76-55-21-20-46-32-50(55)52(59(76)51-33-48(35-68-56(51)43(2)84-8)73-29-28-72-30-31-85-39-49(72)37-73)34-66(6,7)42-86-64(82)53-17-13-25-77(70-53)62(80)54(38-71-24-12-16-47(46)36-71)69-61(79)58(44-14-10-11-15-44)74-26-22-67(40-74)23-27-75(41-67)63(81)60-57(45-18-19-45)78(60)87(83)65(3,4)5/h16,20-21,32-33,35,43-45,49,53-54,57-58,60,70H,9-15,17-19,22-31,34,36-42H2,1-8H3,(H,69,79)/t43-,49-,53-,54-,57+,58-,60+,67-,78?,87+/m0/s1. The molecule has 2 aliphatic carbocycles. The Labute approximate surface area is 518 Å². The number of methoxy groups -OCH3 is 1. The van der Waals surface area contributed by atoms with Crippen LogP contribution in [0.25, 0.3) is 27.7 Å². The SMILES string of the molecule is CCn1c(-c2cc(N3CCN4CCOC[C@@H]4C3)cnc2[C@H](C)OC)c2c3cc(ccc31)C1=CCCN(C1)C[C@H](NC(=O)[C@H](C1CCCC1)N1CC[C@]3(CCN(C(=O)[C@H]4[C@@H](C5CC5)N4[S@+]([O-])C(C)(C)C)C3)C1)C(=O)N1CCC[C@H](N1)C(=O)OCC(C)(C)C2. The average Bonchev–Trinajstić information content (AvgIpc) is 1.59. The average molecular weight is 1220 g/mol. The number of anilines is 1. The van der Waals surface area contributed by atoms with Gasteiger partial charge in [-0.1, -0.05) is 38.8 Å². The van der Waals surface area contributed by atoms with Gasteiger partial charge in [-0.3, -0.25) is 43.9 Å². The molecule has 1 spiro atoms. The number of amides is 3. The van der Waals surface area contributed by atoms with Gasteiger partial charge < -0.3 is 38.4 Å². The van der Waals surface area contributed by atoms with Crippen molar-refractivity contribution in [2.24, 2.45) is 22.7 Å². The molecule has 8 aliphatic heterocycles. The topological polar surface area (TPSA) is 183 Å². The van der Waals surface area contributed by atoms with E-state index < -0.39 is 45.6 Å². The number of benzene rings is 1. The van der Waals surface area contributed by atoms with Crippen molar-refractivity contribution in [1.82, 2.24) is 49.2 Å². The second kappa shape index (κ2) is 24.5. The minimum Gasteiger partial charge on any atom is -0.597 e. The van der Waals surface area contributed by atoms with Crippen molar-refractivity contribution in [3.8, 4) is 11.3 Å². The van der Waals surface area contributed by atoms with Crippen LogP contribution in [-0.2, 0) is 57.7 Å². The lowest BCUT2D eigenvalue weighted by molar-refractivity contribution is -0.155. The van der Waals surface area contributed by atoms with Crippen LogP contribution < -0.4 is 15.6 Å². The van der Waals surface area contributed by atoms with Crippen LogP contribution in [0.1, 0.15) is 142 Å². The Hall–Kier alpha value is -4.64. The summed E-state index contributed by atoms with van der Waals surface area (Å²) in [5.74, 6) is -0.0400. The summed E-state index contributed by atoms with van der Waals surface area (Å²) in [5, 5.41) is 6.17. The highest BCUT2D eigenvalue weighted by Gasteiger charge is 2.68. The minimum atomic E-state index is -1.25. The first-order valence-electron chi connectivity index (χ1n) is 33.3. The van der Waals surface area contributed by atoms with E-state index in [9.17, 15) is 14.1 Å². The van der Waals surface area contributed by atoms with Gasteiger partial charge in [0.2, 0.25) is 11.8 Å². The molecule has 6 bridgehead atoms. The van der Waals surface area contributed by atoms with Crippen molar-refractivity contribution in [2.45, 2.75) is 179 Å². The first-order valence-corrected chi connectivity index (χ1v) is 34.4. The molecule has 20 heteroatoms. The number of carbonyl (C=O) groups is 4. The van der Waals surface area contributed by atoms with Crippen molar-refractivity contribution >= 4 is 57.2 Å². The third-order valence-corrected chi connectivity index (χ3v) is 23.3. The highest BCUT2D eigenvalue weighted by atomic mass is 32.2. The van der Waals surface area contributed by atoms with Crippen LogP contribution in [0.4, 0.5) is 5.69 Å². The van der Waals surface area contributed by atoms with Gasteiger partial charge in [-0.25, -0.2) is 5.43 Å². The molecule has 6 saturated heterocycles. The summed E-state index contributed by atoms with van der Waals surface area (Å²) in [4.78, 5) is 76.7. The number of cyclic esters (lactones) is 1. The summed E-state index contributed by atoms with van der Waals surface area (Å²) < 4.78 is 36.1. The molecule has 8 fully saturated rings. The monoisotopic (exact) mass is 1220 g/mol. The third-order valence-electron chi connectivity index (χ3n) is 21.4. The number of nitrogens with one attached hydrogen (secondary N) is 2. The smallest absolute Gasteiger partial charge is 0.324 e. The van der Waals surface area contributed by atoms with E-state index in [1.807, 2.05) is 36.2 Å². The molecule has 3 aromatic rings. The van der Waals surface area contributed by atoms with Gasteiger partial charge in [0, 0.05) is 124 Å². The zero-order valence-electron chi connectivity index (χ0n) is 53.2. The Bertz CT molecular complexity index is 3120. The number of pyridine rings is 1. The lowest BCUT2D eigenvalue weighted by Gasteiger charge is -2.44. The van der Waals surface area contributed by atoms with Crippen LogP contribution in [0, 0.1) is 22.7 Å². The van der Waals surface area contributed by atoms with Crippen LogP contribution in [0.15, 0.2) is 36.5 Å². The molecular formula is C67H97N11O8S. The van der Waals surface area contributed by atoms with Gasteiger partial charge in [0.15, 0.2) is 6.04 Å². The Balaban J connectivity index is 0.793. The summed E-state index contributed by atoms with van der Waals surface area (Å²) in [5.41, 5.74) is 11.4. The second-order valence-corrected chi connectivity index (χ2v) is 31.5. The van der Waals surface area contributed by atoms with E-state index in [0.717, 1.165) is 149 Å². The number of aryl methyl sites for hydroxylation is 1. The number of hydrogen-bond donors (Lipinski definition) is 2. The fourth-order valence-electron chi connectivity index (χ4n) is 16.5. The van der Waals surface area contributed by atoms with Gasteiger partial charge in [0.05, 0.1) is 67.3 Å². The summed E-state index contributed by atoms with van der Waals surface area (Å²) in [6, 6.07) is 7.25.